The van der Waals surface area contributed by atoms with Gasteiger partial charge < -0.3 is 75.4 Å². The molecule has 0 aromatic carbocycles. The van der Waals surface area contributed by atoms with Crippen molar-refractivity contribution in [2.24, 2.45) is 0 Å². The Bertz CT molecular complexity index is 86.5. The van der Waals surface area contributed by atoms with Crippen LogP contribution in [0.1, 0.15) is 0 Å². The van der Waals surface area contributed by atoms with Gasteiger partial charge in [-0.25, -0.2) is 0 Å². The second kappa shape index (κ2) is 38.2. The van der Waals surface area contributed by atoms with E-state index >= 15 is 0 Å². The van der Waals surface area contributed by atoms with Gasteiger partial charge in [-0.2, -0.15) is 0 Å². The van der Waals surface area contributed by atoms with Crippen LogP contribution in [0.3, 0.4) is 0 Å². The Hall–Kier alpha value is 1.50. The fourth-order valence-electron chi connectivity index (χ4n) is 0. The van der Waals surface area contributed by atoms with Crippen LogP contribution >= 0.6 is 12.4 Å². The third-order valence-corrected chi connectivity index (χ3v) is 0. The van der Waals surface area contributed by atoms with Crippen LogP contribution in [-0.2, 0) is 0 Å². The van der Waals surface area contributed by atoms with E-state index in [-0.39, 0.29) is 57.9 Å². The summed E-state index contributed by atoms with van der Waals surface area (Å²) in [6, 6.07) is 0. The molecule has 22 heavy (non-hydrogen) atoms. The van der Waals surface area contributed by atoms with Crippen molar-refractivity contribution in [3.8, 4) is 0 Å². The third-order valence-electron chi connectivity index (χ3n) is 0. The molecule has 132 valence electrons. The van der Waals surface area contributed by atoms with Crippen LogP contribution in [0.15, 0.2) is 0 Å². The number of rotatable bonds is 0. The molecule has 0 fully saturated rings. The molecule has 22 heteroatoms. The fraction of sp³-hybridized carbons (Fsp3) is 0. The monoisotopic (exact) mass is 436 g/mol. The van der Waals surface area contributed by atoms with E-state index in [0.717, 1.165) is 0 Å². The first-order valence-electron chi connectivity index (χ1n) is 3.87. The van der Waals surface area contributed by atoms with Gasteiger partial charge in [0.25, 0.3) is 0 Å². The van der Waals surface area contributed by atoms with Gasteiger partial charge in [0.05, 0.1) is 0 Å². The van der Waals surface area contributed by atoms with Crippen molar-refractivity contribution in [1.29, 1.82) is 0 Å². The van der Waals surface area contributed by atoms with Crippen LogP contribution in [0, 0.1) is 0 Å². The van der Waals surface area contributed by atoms with Crippen LogP contribution in [-0.4, -0.2) is 157 Å². The maximum atomic E-state index is 7.17. The summed E-state index contributed by atoms with van der Waals surface area (Å²) in [5, 5.41) is 108. The molecule has 0 rings (SSSR count). The molecule has 0 aliphatic carbocycles. The molecule has 0 saturated carbocycles. The normalized spacial score (nSPS) is 6.14. The minimum atomic E-state index is -2.17. The average Bonchev–Trinajstić information content (AvgIpc) is 1.94. The van der Waals surface area contributed by atoms with Crippen molar-refractivity contribution in [3.63, 3.8) is 0 Å². The molecule has 0 spiro atoms. The summed E-state index contributed by atoms with van der Waals surface area (Å²) >= 11 is 0. The van der Waals surface area contributed by atoms with Crippen molar-refractivity contribution >= 4 is 94.5 Å². The van der Waals surface area contributed by atoms with Crippen molar-refractivity contribution in [3.05, 3.63) is 0 Å². The third kappa shape index (κ3) is 4040. The molecular weight excluding hydrogens is 417 g/mol. The summed E-state index contributed by atoms with van der Waals surface area (Å²) in [4.78, 5) is 0. The van der Waals surface area contributed by atoms with Crippen LogP contribution in [0.25, 0.3) is 0 Å². The van der Waals surface area contributed by atoms with E-state index in [1.165, 1.54) is 0 Å². The number of halogens is 1. The van der Waals surface area contributed by atoms with E-state index < -0.39 is 36.6 Å². The summed E-state index contributed by atoms with van der Waals surface area (Å²) in [6.45, 7) is 0. The summed E-state index contributed by atoms with van der Waals surface area (Å²) in [5.74, 6) is 0. The molecule has 0 radical (unpaired) electrons. The first kappa shape index (κ1) is 43.7. The molecule has 0 aliphatic rings. The molecule has 0 heterocycles. The van der Waals surface area contributed by atoms with Crippen molar-refractivity contribution in [2.45, 2.75) is 0 Å². The van der Waals surface area contributed by atoms with Crippen LogP contribution < -0.4 is 0 Å². The van der Waals surface area contributed by atoms with Crippen molar-refractivity contribution in [2.75, 3.05) is 0 Å². The summed E-state index contributed by atoms with van der Waals surface area (Å²) in [5.41, 5.74) is 0. The van der Waals surface area contributed by atoms with Gasteiger partial charge in [0, 0.05) is 0 Å². The molecule has 15 nitrogen and oxygen atoms in total. The van der Waals surface area contributed by atoms with Crippen LogP contribution in [0.4, 0.5) is 0 Å². The van der Waals surface area contributed by atoms with E-state index in [0.29, 0.717) is 0 Å². The summed E-state index contributed by atoms with van der Waals surface area (Å²) in [6.07, 6.45) is 0. The second-order valence-electron chi connectivity index (χ2n) is 1.73. The Morgan fingerprint density at radius 2 is 0.273 bits per heavy atom. The molecule has 0 aromatic heterocycles. The van der Waals surface area contributed by atoms with E-state index in [1.807, 2.05) is 0 Å². The molecule has 0 aliphatic heterocycles. The Labute approximate surface area is 168 Å². The fourth-order valence-corrected chi connectivity index (χ4v) is 0. The zero-order valence-electron chi connectivity index (χ0n) is 10.0. The zero-order chi connectivity index (χ0) is 17.9. The first-order valence-corrected chi connectivity index (χ1v) is 3.87. The van der Waals surface area contributed by atoms with Crippen LogP contribution in [0.5, 0.6) is 0 Å². The molecule has 0 amide bonds. The summed E-state index contributed by atoms with van der Waals surface area (Å²) in [7, 11) is -10.8. The van der Waals surface area contributed by atoms with Crippen molar-refractivity contribution in [1.82, 2.24) is 0 Å². The molecule has 0 atom stereocenters. The standard InChI is InChI=1S/5BH3O3.ClH.Sr.2H/c5*2-1(3)4;;;;/h5*2-4H;1H;;;. The van der Waals surface area contributed by atoms with Gasteiger partial charge in [-0.1, -0.05) is 0 Å². The average molecular weight is 435 g/mol. The van der Waals surface area contributed by atoms with Gasteiger partial charge >= 0.3 is 82.1 Å². The molecule has 0 saturated heterocycles. The quantitative estimate of drug-likeness (QED) is 0.157. The van der Waals surface area contributed by atoms with E-state index in [9.17, 15) is 0 Å². The first-order chi connectivity index (χ1) is 8.66. The van der Waals surface area contributed by atoms with Gasteiger partial charge in [0.2, 0.25) is 0 Å². The van der Waals surface area contributed by atoms with Crippen molar-refractivity contribution < 1.29 is 75.4 Å². The predicted octanol–water partition coefficient (Wildman–Crippen LogP) is -10.8. The minimum absolute atomic E-state index is 0. The van der Waals surface area contributed by atoms with Gasteiger partial charge in [-0.3, -0.25) is 0 Å². The molecule has 0 unspecified atom stereocenters. The number of hydrogen-bond donors (Lipinski definition) is 15. The predicted molar refractivity (Wildman–Crippen MR) is 77.8 cm³/mol. The van der Waals surface area contributed by atoms with Gasteiger partial charge in [0.1, 0.15) is 0 Å². The molecular formula is H18B5ClO15Sr. The van der Waals surface area contributed by atoms with E-state index in [4.69, 9.17) is 75.4 Å². The molecule has 0 bridgehead atoms. The SMILES string of the molecule is Cl.OB(O)O.OB(O)O.OB(O)O.OB(O)O.OB(O)O.[SrH2]. The van der Waals surface area contributed by atoms with E-state index in [1.54, 1.807) is 0 Å². The Balaban J connectivity index is -0.0000000250. The Morgan fingerprint density at radius 3 is 0.273 bits per heavy atom. The van der Waals surface area contributed by atoms with E-state index in [2.05, 4.69) is 0 Å². The number of hydrogen-bond acceptors (Lipinski definition) is 15. The second-order valence-corrected chi connectivity index (χ2v) is 1.73. The Morgan fingerprint density at radius 1 is 0.273 bits per heavy atom. The summed E-state index contributed by atoms with van der Waals surface area (Å²) < 4.78 is 0. The van der Waals surface area contributed by atoms with Crippen LogP contribution in [0.2, 0.25) is 0 Å². The zero-order valence-corrected chi connectivity index (χ0v) is 10.8. The van der Waals surface area contributed by atoms with Gasteiger partial charge in [-0.05, 0) is 0 Å². The van der Waals surface area contributed by atoms with Gasteiger partial charge in [0.15, 0.2) is 0 Å². The Kier molecular flexibility index (Phi) is 75.9. The van der Waals surface area contributed by atoms with Gasteiger partial charge in [-0.15, -0.1) is 12.4 Å². The molecule has 15 N–H and O–H groups in total. The topological polar surface area (TPSA) is 303 Å². The molecule has 0 aromatic rings. The maximum absolute atomic E-state index is 7.17.